The lowest BCUT2D eigenvalue weighted by Crippen LogP contribution is -2.20. The van der Waals surface area contributed by atoms with E-state index in [0.717, 1.165) is 33.9 Å². The van der Waals surface area contributed by atoms with Gasteiger partial charge in [0.15, 0.2) is 10.2 Å². The van der Waals surface area contributed by atoms with Crippen LogP contribution in [0.3, 0.4) is 0 Å². The number of hydrogen-bond acceptors (Lipinski definition) is 2. The molecule has 0 radical (unpaired) electrons. The van der Waals surface area contributed by atoms with E-state index in [0.29, 0.717) is 10.2 Å². The van der Waals surface area contributed by atoms with Crippen molar-refractivity contribution < 1.29 is 0 Å². The molecule has 0 saturated carbocycles. The lowest BCUT2D eigenvalue weighted by molar-refractivity contribution is 1.55. The highest BCUT2D eigenvalue weighted by Gasteiger charge is 2.11. The van der Waals surface area contributed by atoms with Gasteiger partial charge < -0.3 is 21.3 Å². The Kier molecular flexibility index (Phi) is 7.07. The second kappa shape index (κ2) is 10.5. The third kappa shape index (κ3) is 5.69. The fourth-order valence-electron chi connectivity index (χ4n) is 3.27. The molecule has 32 heavy (non-hydrogen) atoms. The van der Waals surface area contributed by atoms with Crippen LogP contribution < -0.4 is 21.3 Å². The minimum absolute atomic E-state index is 0.523. The molecule has 4 rings (SSSR count). The normalized spacial score (nSPS) is 10.1. The fourth-order valence-corrected chi connectivity index (χ4v) is 3.72. The summed E-state index contributed by atoms with van der Waals surface area (Å²) in [5.74, 6) is 0. The third-order valence-corrected chi connectivity index (χ3v) is 5.11. The topological polar surface area (TPSA) is 48.1 Å². The van der Waals surface area contributed by atoms with E-state index in [1.165, 1.54) is 0 Å². The molecule has 4 nitrogen and oxygen atoms in total. The molecule has 0 saturated heterocycles. The van der Waals surface area contributed by atoms with E-state index < -0.39 is 0 Å². The van der Waals surface area contributed by atoms with Crippen molar-refractivity contribution in [3.8, 4) is 11.1 Å². The Labute approximate surface area is 198 Å². The minimum atomic E-state index is 0.523. The standard InChI is InChI=1S/C26H22N4S2/c31-25(27-19-11-3-1-4-12-19)29-23-17-9-7-15-21(23)22-16-8-10-18-24(22)30-26(32)28-20-13-5-2-6-14-20/h1-18H,(H2,27,29,31)(H2,28,30,32). The molecule has 0 bridgehead atoms. The number of nitrogens with one attached hydrogen (secondary N) is 4. The second-order valence-corrected chi connectivity index (χ2v) is 7.80. The first kappa shape index (κ1) is 21.5. The van der Waals surface area contributed by atoms with Gasteiger partial charge in [0, 0.05) is 33.9 Å². The van der Waals surface area contributed by atoms with E-state index in [4.69, 9.17) is 24.4 Å². The van der Waals surface area contributed by atoms with Crippen molar-refractivity contribution in [2.75, 3.05) is 21.3 Å². The monoisotopic (exact) mass is 454 g/mol. The molecule has 0 heterocycles. The number of para-hydroxylation sites is 4. The van der Waals surface area contributed by atoms with Crippen LogP contribution in [0.5, 0.6) is 0 Å². The Morgan fingerprint density at radius 2 is 0.750 bits per heavy atom. The van der Waals surface area contributed by atoms with Crippen LogP contribution in [0.1, 0.15) is 0 Å². The van der Waals surface area contributed by atoms with Crippen LogP contribution in [-0.4, -0.2) is 10.2 Å². The fraction of sp³-hybridized carbons (Fsp3) is 0. The quantitative estimate of drug-likeness (QED) is 0.244. The van der Waals surface area contributed by atoms with Crippen LogP contribution in [0.4, 0.5) is 22.7 Å². The van der Waals surface area contributed by atoms with Crippen LogP contribution >= 0.6 is 24.4 Å². The maximum Gasteiger partial charge on any atom is 0.175 e. The summed E-state index contributed by atoms with van der Waals surface area (Å²) >= 11 is 11.1. The van der Waals surface area contributed by atoms with E-state index in [1.807, 2.05) is 97.1 Å². The van der Waals surface area contributed by atoms with Gasteiger partial charge in [-0.15, -0.1) is 0 Å². The van der Waals surface area contributed by atoms with Crippen LogP contribution in [0, 0.1) is 0 Å². The van der Waals surface area contributed by atoms with Gasteiger partial charge in [-0.2, -0.15) is 0 Å². The lowest BCUT2D eigenvalue weighted by Gasteiger charge is -2.18. The zero-order chi connectivity index (χ0) is 22.2. The average molecular weight is 455 g/mol. The van der Waals surface area contributed by atoms with Gasteiger partial charge in [-0.3, -0.25) is 0 Å². The van der Waals surface area contributed by atoms with Crippen LogP contribution in [0.25, 0.3) is 11.1 Å². The van der Waals surface area contributed by atoms with Crippen molar-refractivity contribution in [1.82, 2.24) is 0 Å². The first-order valence-electron chi connectivity index (χ1n) is 10.1. The molecule has 0 aliphatic rings. The summed E-state index contributed by atoms with van der Waals surface area (Å²) in [6.45, 7) is 0. The molecule has 0 aliphatic carbocycles. The lowest BCUT2D eigenvalue weighted by atomic mass is 10.0. The molecule has 0 atom stereocenters. The van der Waals surface area contributed by atoms with E-state index in [9.17, 15) is 0 Å². The Balaban J connectivity index is 1.54. The summed E-state index contributed by atoms with van der Waals surface area (Å²) in [6, 6.07) is 35.8. The van der Waals surface area contributed by atoms with Gasteiger partial charge in [0.05, 0.1) is 0 Å². The van der Waals surface area contributed by atoms with Gasteiger partial charge in [-0.25, -0.2) is 0 Å². The Morgan fingerprint density at radius 3 is 1.16 bits per heavy atom. The molecule has 4 aromatic carbocycles. The predicted molar refractivity (Wildman–Crippen MR) is 144 cm³/mol. The van der Waals surface area contributed by atoms with Crippen LogP contribution in [-0.2, 0) is 0 Å². The van der Waals surface area contributed by atoms with Crippen LogP contribution in [0.2, 0.25) is 0 Å². The summed E-state index contributed by atoms with van der Waals surface area (Å²) < 4.78 is 0. The van der Waals surface area contributed by atoms with E-state index in [-0.39, 0.29) is 0 Å². The summed E-state index contributed by atoms with van der Waals surface area (Å²) in [7, 11) is 0. The zero-order valence-corrected chi connectivity index (χ0v) is 18.8. The summed E-state index contributed by atoms with van der Waals surface area (Å²) in [5.41, 5.74) is 5.68. The Morgan fingerprint density at radius 1 is 0.406 bits per heavy atom. The van der Waals surface area contributed by atoms with Crippen molar-refractivity contribution in [2.45, 2.75) is 0 Å². The highest BCUT2D eigenvalue weighted by atomic mass is 32.1. The van der Waals surface area contributed by atoms with Gasteiger partial charge in [0.2, 0.25) is 0 Å². The summed E-state index contributed by atoms with van der Waals surface area (Å²) in [6.07, 6.45) is 0. The van der Waals surface area contributed by atoms with E-state index >= 15 is 0 Å². The van der Waals surface area contributed by atoms with E-state index in [2.05, 4.69) is 33.4 Å². The average Bonchev–Trinajstić information content (AvgIpc) is 2.81. The molecule has 0 unspecified atom stereocenters. The van der Waals surface area contributed by atoms with Crippen molar-refractivity contribution in [3.05, 3.63) is 109 Å². The molecule has 0 aromatic heterocycles. The molecule has 6 heteroatoms. The van der Waals surface area contributed by atoms with Crippen LogP contribution in [0.15, 0.2) is 109 Å². The highest BCUT2D eigenvalue weighted by Crippen LogP contribution is 2.33. The van der Waals surface area contributed by atoms with Crippen molar-refractivity contribution >= 4 is 57.4 Å². The Bertz CT molecular complexity index is 1110. The Hall–Kier alpha value is -3.74. The number of thiocarbonyl (C=S) groups is 2. The van der Waals surface area contributed by atoms with Crippen molar-refractivity contribution in [3.63, 3.8) is 0 Å². The number of benzene rings is 4. The largest absolute Gasteiger partial charge is 0.332 e. The molecular formula is C26H22N4S2. The smallest absolute Gasteiger partial charge is 0.175 e. The summed E-state index contributed by atoms with van der Waals surface area (Å²) in [4.78, 5) is 0. The molecule has 4 aromatic rings. The van der Waals surface area contributed by atoms with Crippen molar-refractivity contribution in [1.29, 1.82) is 0 Å². The number of hydrogen-bond donors (Lipinski definition) is 4. The van der Waals surface area contributed by atoms with Gasteiger partial charge >= 0.3 is 0 Å². The van der Waals surface area contributed by atoms with Crippen molar-refractivity contribution in [2.24, 2.45) is 0 Å². The second-order valence-electron chi connectivity index (χ2n) is 6.98. The number of anilines is 4. The first-order chi connectivity index (χ1) is 15.7. The zero-order valence-electron chi connectivity index (χ0n) is 17.2. The maximum absolute atomic E-state index is 5.53. The van der Waals surface area contributed by atoms with Gasteiger partial charge in [-0.1, -0.05) is 72.8 Å². The van der Waals surface area contributed by atoms with Gasteiger partial charge in [0.1, 0.15) is 0 Å². The molecule has 4 N–H and O–H groups in total. The molecule has 158 valence electrons. The molecule has 0 amide bonds. The summed E-state index contributed by atoms with van der Waals surface area (Å²) in [5, 5.41) is 14.1. The van der Waals surface area contributed by atoms with E-state index in [1.54, 1.807) is 0 Å². The molecule has 0 aliphatic heterocycles. The molecule has 0 fully saturated rings. The molecular weight excluding hydrogens is 432 g/mol. The predicted octanol–water partition coefficient (Wildman–Crippen LogP) is 6.97. The van der Waals surface area contributed by atoms with Gasteiger partial charge in [-0.05, 0) is 60.8 Å². The molecule has 0 spiro atoms. The third-order valence-electron chi connectivity index (χ3n) is 4.70. The first-order valence-corrected chi connectivity index (χ1v) is 11.0. The highest BCUT2D eigenvalue weighted by molar-refractivity contribution is 7.81. The SMILES string of the molecule is S=C(Nc1ccccc1)Nc1ccccc1-c1ccccc1NC(=S)Nc1ccccc1. The minimum Gasteiger partial charge on any atom is -0.332 e. The maximum atomic E-state index is 5.53. The number of rotatable bonds is 5. The van der Waals surface area contributed by atoms with Gasteiger partial charge in [0.25, 0.3) is 0 Å².